The highest BCUT2D eigenvalue weighted by Gasteiger charge is 2.31. The quantitative estimate of drug-likeness (QED) is 0.875. The summed E-state index contributed by atoms with van der Waals surface area (Å²) in [5.41, 5.74) is 1.56. The second-order valence-corrected chi connectivity index (χ2v) is 5.09. The molecular formula is C14H21ClO2. The van der Waals surface area contributed by atoms with Gasteiger partial charge in [-0.05, 0) is 37.5 Å². The van der Waals surface area contributed by atoms with Crippen LogP contribution in [-0.2, 0) is 11.2 Å². The largest absolute Gasteiger partial charge is 0.390 e. The van der Waals surface area contributed by atoms with E-state index in [1.165, 1.54) is 0 Å². The van der Waals surface area contributed by atoms with Crippen molar-refractivity contribution in [3.63, 3.8) is 0 Å². The molecule has 1 aromatic carbocycles. The molecular weight excluding hydrogens is 236 g/mol. The van der Waals surface area contributed by atoms with Gasteiger partial charge in [0, 0.05) is 18.6 Å². The van der Waals surface area contributed by atoms with E-state index in [0.29, 0.717) is 11.4 Å². The first kappa shape index (κ1) is 14.5. The second-order valence-electron chi connectivity index (χ2n) is 4.69. The fourth-order valence-corrected chi connectivity index (χ4v) is 2.07. The molecule has 0 spiro atoms. The summed E-state index contributed by atoms with van der Waals surface area (Å²) in [6.45, 7) is 5.92. The fraction of sp³-hybridized carbons (Fsp3) is 0.571. The van der Waals surface area contributed by atoms with Crippen LogP contribution < -0.4 is 0 Å². The average Bonchev–Trinajstić information content (AvgIpc) is 2.31. The molecule has 17 heavy (non-hydrogen) atoms. The lowest BCUT2D eigenvalue weighted by atomic mass is 9.90. The summed E-state index contributed by atoms with van der Waals surface area (Å²) < 4.78 is 5.39. The number of hydrogen-bond donors (Lipinski definition) is 1. The molecule has 0 aliphatic carbocycles. The third-order valence-electron chi connectivity index (χ3n) is 3.50. The molecule has 0 radical (unpaired) electrons. The van der Waals surface area contributed by atoms with Gasteiger partial charge in [-0.25, -0.2) is 0 Å². The van der Waals surface area contributed by atoms with Crippen molar-refractivity contribution in [3.8, 4) is 0 Å². The highest BCUT2D eigenvalue weighted by Crippen LogP contribution is 2.25. The molecule has 0 fully saturated rings. The van der Waals surface area contributed by atoms with E-state index in [-0.39, 0.29) is 0 Å². The van der Waals surface area contributed by atoms with Crippen molar-refractivity contribution < 1.29 is 9.84 Å². The molecule has 0 saturated carbocycles. The first-order valence-corrected chi connectivity index (χ1v) is 6.29. The van der Waals surface area contributed by atoms with Crippen LogP contribution in [-0.4, -0.2) is 23.9 Å². The van der Waals surface area contributed by atoms with Crippen molar-refractivity contribution in [2.75, 3.05) is 7.11 Å². The number of aliphatic hydroxyl groups is 1. The monoisotopic (exact) mass is 256 g/mol. The van der Waals surface area contributed by atoms with Crippen molar-refractivity contribution in [3.05, 3.63) is 34.3 Å². The van der Waals surface area contributed by atoms with Gasteiger partial charge in [-0.3, -0.25) is 0 Å². The highest BCUT2D eigenvalue weighted by molar-refractivity contribution is 6.31. The lowest BCUT2D eigenvalue weighted by Gasteiger charge is -2.32. The van der Waals surface area contributed by atoms with E-state index in [1.54, 1.807) is 7.11 Å². The summed E-state index contributed by atoms with van der Waals surface area (Å²) in [7, 11) is 1.63. The highest BCUT2D eigenvalue weighted by atomic mass is 35.5. The first-order chi connectivity index (χ1) is 7.92. The van der Waals surface area contributed by atoms with Crippen molar-refractivity contribution >= 4 is 11.6 Å². The van der Waals surface area contributed by atoms with Gasteiger partial charge in [0.05, 0.1) is 11.7 Å². The SMILES string of the molecule is CCC(C)(OC)C(O)Cc1ccc(C)cc1Cl. The lowest BCUT2D eigenvalue weighted by Crippen LogP contribution is -2.42. The van der Waals surface area contributed by atoms with Crippen LogP contribution in [0.25, 0.3) is 0 Å². The molecule has 0 bridgehead atoms. The zero-order chi connectivity index (χ0) is 13.1. The van der Waals surface area contributed by atoms with E-state index < -0.39 is 11.7 Å². The fourth-order valence-electron chi connectivity index (χ4n) is 1.76. The number of hydrogen-bond acceptors (Lipinski definition) is 2. The van der Waals surface area contributed by atoms with Crippen LogP contribution >= 0.6 is 11.6 Å². The summed E-state index contributed by atoms with van der Waals surface area (Å²) in [4.78, 5) is 0. The maximum atomic E-state index is 10.2. The van der Waals surface area contributed by atoms with Crippen LogP contribution in [0.2, 0.25) is 5.02 Å². The first-order valence-electron chi connectivity index (χ1n) is 5.91. The summed E-state index contributed by atoms with van der Waals surface area (Å²) >= 11 is 6.16. The maximum Gasteiger partial charge on any atom is 0.0909 e. The molecule has 0 amide bonds. The van der Waals surface area contributed by atoms with E-state index in [2.05, 4.69) is 0 Å². The molecule has 1 N–H and O–H groups in total. The minimum absolute atomic E-state index is 0.511. The summed E-state index contributed by atoms with van der Waals surface area (Å²) in [5, 5.41) is 10.9. The molecule has 1 rings (SSSR count). The topological polar surface area (TPSA) is 29.5 Å². The summed E-state index contributed by atoms with van der Waals surface area (Å²) in [5.74, 6) is 0. The van der Waals surface area contributed by atoms with Crippen LogP contribution in [0.1, 0.15) is 31.4 Å². The summed E-state index contributed by atoms with van der Waals surface area (Å²) in [6.07, 6.45) is 0.712. The smallest absolute Gasteiger partial charge is 0.0909 e. The predicted molar refractivity (Wildman–Crippen MR) is 71.6 cm³/mol. The average molecular weight is 257 g/mol. The molecule has 2 unspecified atom stereocenters. The van der Waals surface area contributed by atoms with Gasteiger partial charge in [-0.15, -0.1) is 0 Å². The van der Waals surface area contributed by atoms with Crippen LogP contribution in [0.4, 0.5) is 0 Å². The maximum absolute atomic E-state index is 10.2. The predicted octanol–water partition coefficient (Wildman–Crippen LogP) is 3.37. The zero-order valence-electron chi connectivity index (χ0n) is 11.0. The number of halogens is 1. The minimum Gasteiger partial charge on any atom is -0.390 e. The molecule has 0 aliphatic rings. The van der Waals surface area contributed by atoms with Crippen molar-refractivity contribution in [2.24, 2.45) is 0 Å². The molecule has 0 saturated heterocycles. The van der Waals surface area contributed by atoms with E-state index in [0.717, 1.165) is 17.5 Å². The van der Waals surface area contributed by atoms with Crippen molar-refractivity contribution in [1.82, 2.24) is 0 Å². The van der Waals surface area contributed by atoms with Gasteiger partial charge < -0.3 is 9.84 Å². The molecule has 96 valence electrons. The van der Waals surface area contributed by atoms with E-state index in [9.17, 15) is 5.11 Å². The molecule has 3 heteroatoms. The third kappa shape index (κ3) is 3.44. The Kier molecular flexibility index (Phi) is 4.99. The normalized spacial score (nSPS) is 16.6. The van der Waals surface area contributed by atoms with Gasteiger partial charge in [-0.1, -0.05) is 30.7 Å². The molecule has 2 nitrogen and oxygen atoms in total. The molecule has 0 heterocycles. The van der Waals surface area contributed by atoms with Gasteiger partial charge in [0.25, 0.3) is 0 Å². The van der Waals surface area contributed by atoms with Gasteiger partial charge in [-0.2, -0.15) is 0 Å². The van der Waals surface area contributed by atoms with Gasteiger partial charge in [0.1, 0.15) is 0 Å². The van der Waals surface area contributed by atoms with E-state index >= 15 is 0 Å². The van der Waals surface area contributed by atoms with Gasteiger partial charge in [0.2, 0.25) is 0 Å². The molecule has 0 aliphatic heterocycles. The number of rotatable bonds is 5. The minimum atomic E-state index is -0.558. The molecule has 1 aromatic rings. The van der Waals surface area contributed by atoms with Crippen molar-refractivity contribution in [1.29, 1.82) is 0 Å². The standard InChI is InChI=1S/C14H21ClO2/c1-5-14(3,17-4)13(16)9-11-7-6-10(2)8-12(11)15/h6-8,13,16H,5,9H2,1-4H3. The number of ether oxygens (including phenoxy) is 1. The molecule has 2 atom stereocenters. The summed E-state index contributed by atoms with van der Waals surface area (Å²) in [6, 6.07) is 5.89. The van der Waals surface area contributed by atoms with Crippen LogP contribution in [0, 0.1) is 6.92 Å². The Morgan fingerprint density at radius 1 is 1.47 bits per heavy atom. The number of benzene rings is 1. The van der Waals surface area contributed by atoms with Crippen LogP contribution in [0.5, 0.6) is 0 Å². The van der Waals surface area contributed by atoms with Crippen molar-refractivity contribution in [2.45, 2.75) is 45.3 Å². The Balaban J connectivity index is 2.84. The number of methoxy groups -OCH3 is 1. The zero-order valence-corrected chi connectivity index (χ0v) is 11.7. The Hall–Kier alpha value is -0.570. The Morgan fingerprint density at radius 2 is 2.12 bits per heavy atom. The third-order valence-corrected chi connectivity index (χ3v) is 3.85. The van der Waals surface area contributed by atoms with Gasteiger partial charge in [0.15, 0.2) is 0 Å². The Morgan fingerprint density at radius 3 is 2.59 bits per heavy atom. The lowest BCUT2D eigenvalue weighted by molar-refractivity contribution is -0.0914. The Bertz CT molecular complexity index is 372. The van der Waals surface area contributed by atoms with Crippen LogP contribution in [0.15, 0.2) is 18.2 Å². The van der Waals surface area contributed by atoms with Gasteiger partial charge >= 0.3 is 0 Å². The van der Waals surface area contributed by atoms with E-state index in [1.807, 2.05) is 39.0 Å². The number of aliphatic hydroxyl groups excluding tert-OH is 1. The van der Waals surface area contributed by atoms with E-state index in [4.69, 9.17) is 16.3 Å². The second kappa shape index (κ2) is 5.85. The Labute approximate surface area is 109 Å². The molecule has 0 aromatic heterocycles. The van der Waals surface area contributed by atoms with Crippen LogP contribution in [0.3, 0.4) is 0 Å². The number of aryl methyl sites for hydroxylation is 1.